The van der Waals surface area contributed by atoms with Crippen LogP contribution in [0.1, 0.15) is 80.9 Å². The fraction of sp³-hybridized carbons (Fsp3) is 0.571. The zero-order valence-electron chi connectivity index (χ0n) is 22.2. The number of amides is 1. The number of hydrogen-bond acceptors (Lipinski definition) is 5. The summed E-state index contributed by atoms with van der Waals surface area (Å²) in [6, 6.07) is 10.3. The number of alkyl halides is 3. The minimum atomic E-state index is -4.89. The molecule has 204 valence electrons. The highest BCUT2D eigenvalue weighted by Crippen LogP contribution is 2.54. The van der Waals surface area contributed by atoms with Crippen LogP contribution in [0.25, 0.3) is 0 Å². The Labute approximate surface area is 217 Å². The molecule has 2 heterocycles. The Kier molecular flexibility index (Phi) is 8.90. The lowest BCUT2D eigenvalue weighted by Crippen LogP contribution is -2.41. The Hall–Kier alpha value is -2.65. The van der Waals surface area contributed by atoms with Crippen molar-refractivity contribution >= 4 is 17.4 Å². The number of anilines is 2. The molecule has 2 aromatic rings. The van der Waals surface area contributed by atoms with E-state index in [-0.39, 0.29) is 11.4 Å². The van der Waals surface area contributed by atoms with E-state index in [0.717, 1.165) is 24.5 Å². The number of aromatic nitrogens is 1. The quantitative estimate of drug-likeness (QED) is 0.465. The molecule has 3 aliphatic rings. The lowest BCUT2D eigenvalue weighted by atomic mass is 9.93. The van der Waals surface area contributed by atoms with E-state index in [1.54, 1.807) is 6.07 Å². The number of hydrogen-bond donors (Lipinski definition) is 3. The van der Waals surface area contributed by atoms with Crippen molar-refractivity contribution in [2.45, 2.75) is 84.0 Å². The maximum absolute atomic E-state index is 13.4. The molecule has 3 fully saturated rings. The number of aryl methyl sites for hydroxylation is 1. The molecule has 0 radical (unpaired) electrons. The van der Waals surface area contributed by atoms with Gasteiger partial charge in [0.15, 0.2) is 5.60 Å². The van der Waals surface area contributed by atoms with Crippen molar-refractivity contribution in [3.63, 3.8) is 0 Å². The van der Waals surface area contributed by atoms with Crippen molar-refractivity contribution in [3.8, 4) is 0 Å². The highest BCUT2D eigenvalue weighted by atomic mass is 19.4. The first-order valence-electron chi connectivity index (χ1n) is 13.1. The molecule has 37 heavy (non-hydrogen) atoms. The maximum Gasteiger partial charge on any atom is 0.422 e. The smallest absolute Gasteiger partial charge is 0.375 e. The molecule has 1 amide bonds. The molecular formula is C28H39F3N4O2. The molecular weight excluding hydrogens is 481 g/mol. The Morgan fingerprint density at radius 1 is 1.11 bits per heavy atom. The van der Waals surface area contributed by atoms with E-state index >= 15 is 0 Å². The van der Waals surface area contributed by atoms with Gasteiger partial charge in [0.25, 0.3) is 5.91 Å². The third kappa shape index (κ3) is 7.23. The Balaban J connectivity index is 0.000000567. The first kappa shape index (κ1) is 28.9. The average Bonchev–Trinajstić information content (AvgIpc) is 3.80. The summed E-state index contributed by atoms with van der Waals surface area (Å²) in [6.07, 6.45) is 1.85. The lowest BCUT2D eigenvalue weighted by molar-refractivity contribution is -0.260. The van der Waals surface area contributed by atoms with Crippen molar-refractivity contribution in [1.29, 1.82) is 0 Å². The van der Waals surface area contributed by atoms with Gasteiger partial charge in [0, 0.05) is 24.8 Å². The van der Waals surface area contributed by atoms with E-state index in [1.807, 2.05) is 43.9 Å². The van der Waals surface area contributed by atoms with Crippen LogP contribution in [0.3, 0.4) is 0 Å². The Bertz CT molecular complexity index is 1070. The first-order chi connectivity index (χ1) is 17.4. The van der Waals surface area contributed by atoms with E-state index in [4.69, 9.17) is 5.73 Å². The number of benzene rings is 1. The van der Waals surface area contributed by atoms with Gasteiger partial charge in [-0.25, -0.2) is 4.98 Å². The summed E-state index contributed by atoms with van der Waals surface area (Å²) in [6.45, 7) is 7.82. The second-order valence-corrected chi connectivity index (χ2v) is 10.3. The molecule has 6 nitrogen and oxygen atoms in total. The Morgan fingerprint density at radius 3 is 2.19 bits per heavy atom. The summed E-state index contributed by atoms with van der Waals surface area (Å²) in [7, 11) is 0. The van der Waals surface area contributed by atoms with Crippen LogP contribution in [0.4, 0.5) is 24.7 Å². The fourth-order valence-electron chi connectivity index (χ4n) is 4.17. The van der Waals surface area contributed by atoms with Gasteiger partial charge in [-0.15, -0.1) is 0 Å². The summed E-state index contributed by atoms with van der Waals surface area (Å²) in [4.78, 5) is 19.1. The van der Waals surface area contributed by atoms with E-state index in [9.17, 15) is 23.1 Å². The summed E-state index contributed by atoms with van der Waals surface area (Å²) in [5.74, 6) is -0.263. The number of carbonyl (C=O) groups excluding carboxylic acids is 1. The van der Waals surface area contributed by atoms with E-state index < -0.39 is 23.4 Å². The number of nitrogens with zero attached hydrogens (tertiary/aromatic N) is 2. The molecule has 2 saturated carbocycles. The molecule has 5 rings (SSSR count). The van der Waals surface area contributed by atoms with Crippen LogP contribution in [-0.2, 0) is 5.60 Å². The monoisotopic (exact) mass is 520 g/mol. The zero-order valence-corrected chi connectivity index (χ0v) is 22.2. The number of pyridine rings is 1. The molecule has 4 N–H and O–H groups in total. The number of carbonyl (C=O) groups is 1. The number of rotatable bonds is 4. The first-order valence-corrected chi connectivity index (χ1v) is 13.1. The molecule has 1 saturated heterocycles. The third-order valence-corrected chi connectivity index (χ3v) is 7.15. The molecule has 1 atom stereocenters. The van der Waals surface area contributed by atoms with Gasteiger partial charge in [0.1, 0.15) is 5.82 Å². The summed E-state index contributed by atoms with van der Waals surface area (Å²) in [5.41, 5.74) is 3.70. The van der Waals surface area contributed by atoms with Crippen LogP contribution in [-0.4, -0.2) is 41.3 Å². The summed E-state index contributed by atoms with van der Waals surface area (Å²) >= 11 is 0. The average molecular weight is 521 g/mol. The molecule has 1 spiro atoms. The Morgan fingerprint density at radius 2 is 1.70 bits per heavy atom. The van der Waals surface area contributed by atoms with E-state index in [1.165, 1.54) is 31.7 Å². The van der Waals surface area contributed by atoms with Crippen molar-refractivity contribution in [1.82, 2.24) is 4.98 Å². The van der Waals surface area contributed by atoms with Gasteiger partial charge in [0.2, 0.25) is 0 Å². The normalized spacial score (nSPS) is 19.5. The van der Waals surface area contributed by atoms with Gasteiger partial charge < -0.3 is 21.1 Å². The van der Waals surface area contributed by atoms with Gasteiger partial charge in [-0.1, -0.05) is 26.0 Å². The van der Waals surface area contributed by atoms with Gasteiger partial charge in [-0.05, 0) is 87.6 Å². The number of nitrogens with two attached hydrogens (primary N) is 1. The SMILES string of the molecule is CC.Cc1cccc(NC(=O)c2ccc(C(C)(O)C(F)(F)F)nc2N2CCC3(CC2)CC3)c1.NC1CC1. The van der Waals surface area contributed by atoms with Crippen LogP contribution >= 0.6 is 0 Å². The minimum Gasteiger partial charge on any atom is -0.375 e. The second-order valence-electron chi connectivity index (χ2n) is 10.3. The van der Waals surface area contributed by atoms with Crippen molar-refractivity contribution in [2.24, 2.45) is 11.1 Å². The van der Waals surface area contributed by atoms with Gasteiger partial charge >= 0.3 is 6.18 Å². The zero-order chi connectivity index (χ0) is 27.4. The van der Waals surface area contributed by atoms with Crippen molar-refractivity contribution in [2.75, 3.05) is 23.3 Å². The van der Waals surface area contributed by atoms with Gasteiger partial charge in [0.05, 0.1) is 11.3 Å². The third-order valence-electron chi connectivity index (χ3n) is 7.15. The van der Waals surface area contributed by atoms with Crippen LogP contribution < -0.4 is 16.0 Å². The molecule has 9 heteroatoms. The van der Waals surface area contributed by atoms with Crippen LogP contribution in [0.5, 0.6) is 0 Å². The standard InChI is InChI=1S/C23H26F3N3O2.C3H7N.C2H6/c1-15-4-3-5-16(14-15)27-20(30)17-6-7-18(21(2,31)23(24,25)26)28-19(17)29-12-10-22(8-9-22)11-13-29;4-3-1-2-3;1-2/h3-7,14,31H,8-13H2,1-2H3,(H,27,30);3H,1-2,4H2;1-2H3. The van der Waals surface area contributed by atoms with Crippen LogP contribution in [0.2, 0.25) is 0 Å². The van der Waals surface area contributed by atoms with Crippen molar-refractivity contribution in [3.05, 3.63) is 53.2 Å². The predicted octanol–water partition coefficient (Wildman–Crippen LogP) is 5.93. The van der Waals surface area contributed by atoms with E-state index in [0.29, 0.717) is 37.2 Å². The van der Waals surface area contributed by atoms with E-state index in [2.05, 4.69) is 10.3 Å². The molecule has 0 bridgehead atoms. The number of halogens is 3. The fourth-order valence-corrected chi connectivity index (χ4v) is 4.17. The summed E-state index contributed by atoms with van der Waals surface area (Å²) < 4.78 is 40.2. The second kappa shape index (κ2) is 11.4. The van der Waals surface area contributed by atoms with Gasteiger partial charge in [-0.2, -0.15) is 13.2 Å². The topological polar surface area (TPSA) is 91.5 Å². The van der Waals surface area contributed by atoms with Crippen LogP contribution in [0, 0.1) is 12.3 Å². The van der Waals surface area contributed by atoms with Crippen LogP contribution in [0.15, 0.2) is 36.4 Å². The predicted molar refractivity (Wildman–Crippen MR) is 141 cm³/mol. The largest absolute Gasteiger partial charge is 0.422 e. The molecule has 1 aromatic heterocycles. The molecule has 1 unspecified atom stereocenters. The number of nitrogens with one attached hydrogen (secondary N) is 1. The van der Waals surface area contributed by atoms with Crippen molar-refractivity contribution < 1.29 is 23.1 Å². The highest BCUT2D eigenvalue weighted by molar-refractivity contribution is 6.07. The minimum absolute atomic E-state index is 0.183. The number of aliphatic hydroxyl groups is 1. The summed E-state index contributed by atoms with van der Waals surface area (Å²) in [5, 5.41) is 12.9. The molecule has 1 aromatic carbocycles. The maximum atomic E-state index is 13.4. The number of piperidine rings is 1. The lowest BCUT2D eigenvalue weighted by Gasteiger charge is -2.35. The highest BCUT2D eigenvalue weighted by Gasteiger charge is 2.53. The molecule has 2 aliphatic carbocycles. The molecule has 1 aliphatic heterocycles. The van der Waals surface area contributed by atoms with Gasteiger partial charge in [-0.3, -0.25) is 4.79 Å².